The minimum atomic E-state index is -0.223. The van der Waals surface area contributed by atoms with Crippen molar-refractivity contribution in [3.05, 3.63) is 65.7 Å². The highest BCUT2D eigenvalue weighted by atomic mass is 16.5. The lowest BCUT2D eigenvalue weighted by Crippen LogP contribution is -2.54. The number of carbonyl (C=O) groups is 1. The molecule has 1 saturated carbocycles. The summed E-state index contributed by atoms with van der Waals surface area (Å²) in [4.78, 5) is 18.0. The van der Waals surface area contributed by atoms with Crippen molar-refractivity contribution in [1.82, 2.24) is 15.1 Å². The first-order valence-corrected chi connectivity index (χ1v) is 11.0. The molecule has 1 saturated heterocycles. The van der Waals surface area contributed by atoms with Crippen LogP contribution in [0.3, 0.4) is 0 Å². The Hall–Kier alpha value is -2.37. The third-order valence-electron chi connectivity index (χ3n) is 6.71. The van der Waals surface area contributed by atoms with Gasteiger partial charge in [0.25, 0.3) is 0 Å². The van der Waals surface area contributed by atoms with Crippen molar-refractivity contribution in [2.75, 3.05) is 39.8 Å². The van der Waals surface area contributed by atoms with Crippen LogP contribution in [0, 0.1) is 0 Å². The Labute approximate surface area is 180 Å². The molecule has 0 radical (unpaired) electrons. The fourth-order valence-corrected chi connectivity index (χ4v) is 4.54. The number of nitrogens with one attached hydrogen (secondary N) is 1. The molecule has 160 valence electrons. The number of piperazine rings is 1. The summed E-state index contributed by atoms with van der Waals surface area (Å²) in [5.74, 6) is 0.629. The molecular weight excluding hydrogens is 374 g/mol. The summed E-state index contributed by atoms with van der Waals surface area (Å²) in [5, 5.41) is 3.23. The number of ether oxygens (including phenoxy) is 1. The fourth-order valence-electron chi connectivity index (χ4n) is 4.54. The molecule has 1 heterocycles. The van der Waals surface area contributed by atoms with E-state index in [-0.39, 0.29) is 17.4 Å². The lowest BCUT2D eigenvalue weighted by atomic mass is 9.99. The number of rotatable bonds is 8. The summed E-state index contributed by atoms with van der Waals surface area (Å²) in [7, 11) is 1.65. The molecule has 1 unspecified atom stereocenters. The molecule has 1 amide bonds. The van der Waals surface area contributed by atoms with Crippen LogP contribution < -0.4 is 10.1 Å². The van der Waals surface area contributed by atoms with Gasteiger partial charge in [-0.2, -0.15) is 0 Å². The van der Waals surface area contributed by atoms with E-state index in [0.29, 0.717) is 0 Å². The predicted molar refractivity (Wildman–Crippen MR) is 120 cm³/mol. The van der Waals surface area contributed by atoms with Crippen molar-refractivity contribution in [2.24, 2.45) is 0 Å². The molecule has 0 bridgehead atoms. The van der Waals surface area contributed by atoms with E-state index in [4.69, 9.17) is 4.74 Å². The summed E-state index contributed by atoms with van der Waals surface area (Å²) in [6.07, 6.45) is 2.35. The van der Waals surface area contributed by atoms with Crippen LogP contribution in [0.15, 0.2) is 54.6 Å². The average molecular weight is 408 g/mol. The molecule has 0 aromatic heterocycles. The second kappa shape index (κ2) is 9.19. The lowest BCUT2D eigenvalue weighted by molar-refractivity contribution is -0.122. The smallest absolute Gasteiger partial charge is 0.227 e. The quantitative estimate of drug-likeness (QED) is 0.730. The third kappa shape index (κ3) is 4.68. The van der Waals surface area contributed by atoms with Crippen molar-refractivity contribution in [3.8, 4) is 5.75 Å². The molecule has 2 aromatic rings. The van der Waals surface area contributed by atoms with Crippen LogP contribution in [-0.2, 0) is 11.3 Å². The number of carbonyl (C=O) groups excluding carboxylic acids is 1. The Morgan fingerprint density at radius 2 is 1.70 bits per heavy atom. The molecule has 2 aliphatic rings. The zero-order chi connectivity index (χ0) is 21.0. The van der Waals surface area contributed by atoms with Crippen LogP contribution in [0.5, 0.6) is 5.75 Å². The molecule has 1 aliphatic carbocycles. The van der Waals surface area contributed by atoms with Crippen LogP contribution in [0.1, 0.15) is 36.8 Å². The zero-order valence-corrected chi connectivity index (χ0v) is 18.1. The van der Waals surface area contributed by atoms with Crippen LogP contribution in [0.2, 0.25) is 0 Å². The number of nitrogens with zero attached hydrogens (tertiary/aromatic N) is 2. The summed E-state index contributed by atoms with van der Waals surface area (Å²) in [6.45, 7) is 8.04. The average Bonchev–Trinajstić information content (AvgIpc) is 3.59. The number of benzene rings is 2. The number of para-hydroxylation sites is 1. The van der Waals surface area contributed by atoms with Crippen molar-refractivity contribution < 1.29 is 9.53 Å². The molecule has 5 heteroatoms. The standard InChI is InChI=1S/C25H33N3O2/c1-20(22-10-6-7-11-23(22)30-2)24(29)26-19-25(12-13-25)28-16-14-27(15-17-28)18-21-8-4-3-5-9-21/h3-11,20H,12-19H2,1-2H3,(H,26,29). The van der Waals surface area contributed by atoms with Gasteiger partial charge in [-0.25, -0.2) is 0 Å². The zero-order valence-electron chi connectivity index (χ0n) is 18.1. The highest BCUT2D eigenvalue weighted by Gasteiger charge is 2.48. The molecule has 1 N–H and O–H groups in total. The first kappa shape index (κ1) is 20.9. The number of hydrogen-bond donors (Lipinski definition) is 1. The Kier molecular flexibility index (Phi) is 6.40. The molecule has 0 spiro atoms. The lowest BCUT2D eigenvalue weighted by Gasteiger charge is -2.40. The van der Waals surface area contributed by atoms with E-state index in [9.17, 15) is 4.79 Å². The number of amides is 1. The van der Waals surface area contributed by atoms with E-state index in [2.05, 4.69) is 45.4 Å². The van der Waals surface area contributed by atoms with Crippen LogP contribution in [0.25, 0.3) is 0 Å². The van der Waals surface area contributed by atoms with Crippen molar-refractivity contribution in [3.63, 3.8) is 0 Å². The van der Waals surface area contributed by atoms with E-state index in [1.165, 1.54) is 18.4 Å². The van der Waals surface area contributed by atoms with Gasteiger partial charge in [0.15, 0.2) is 0 Å². The van der Waals surface area contributed by atoms with Gasteiger partial charge in [-0.05, 0) is 31.4 Å². The van der Waals surface area contributed by atoms with E-state index in [1.807, 2.05) is 31.2 Å². The largest absolute Gasteiger partial charge is 0.496 e. The monoisotopic (exact) mass is 407 g/mol. The highest BCUT2D eigenvalue weighted by Crippen LogP contribution is 2.41. The van der Waals surface area contributed by atoms with Crippen molar-refractivity contribution in [2.45, 2.75) is 37.8 Å². The molecular formula is C25H33N3O2. The predicted octanol–water partition coefficient (Wildman–Crippen LogP) is 3.27. The van der Waals surface area contributed by atoms with E-state index in [1.54, 1.807) is 7.11 Å². The molecule has 1 atom stereocenters. The number of methoxy groups -OCH3 is 1. The topological polar surface area (TPSA) is 44.8 Å². The summed E-state index contributed by atoms with van der Waals surface area (Å²) in [6, 6.07) is 18.5. The molecule has 1 aliphatic heterocycles. The Morgan fingerprint density at radius 1 is 1.03 bits per heavy atom. The van der Waals surface area contributed by atoms with Gasteiger partial charge < -0.3 is 10.1 Å². The van der Waals surface area contributed by atoms with E-state index >= 15 is 0 Å². The first-order chi connectivity index (χ1) is 14.6. The molecule has 2 aromatic carbocycles. The molecule has 4 rings (SSSR count). The Bertz CT molecular complexity index is 842. The maximum Gasteiger partial charge on any atom is 0.227 e. The van der Waals surface area contributed by atoms with Gasteiger partial charge in [-0.1, -0.05) is 48.5 Å². The second-order valence-corrected chi connectivity index (χ2v) is 8.65. The SMILES string of the molecule is COc1ccccc1C(C)C(=O)NCC1(N2CCN(Cc3ccccc3)CC2)CC1. The summed E-state index contributed by atoms with van der Waals surface area (Å²) in [5.41, 5.74) is 2.48. The maximum absolute atomic E-state index is 12.8. The van der Waals surface area contributed by atoms with Gasteiger partial charge in [-0.3, -0.25) is 14.6 Å². The summed E-state index contributed by atoms with van der Waals surface area (Å²) < 4.78 is 5.43. The fraction of sp³-hybridized carbons (Fsp3) is 0.480. The summed E-state index contributed by atoms with van der Waals surface area (Å²) >= 11 is 0. The van der Waals surface area contributed by atoms with Crippen LogP contribution in [-0.4, -0.2) is 61.1 Å². The van der Waals surface area contributed by atoms with E-state index < -0.39 is 0 Å². The normalized spacial score (nSPS) is 19.8. The second-order valence-electron chi connectivity index (χ2n) is 8.65. The Balaban J connectivity index is 1.27. The molecule has 30 heavy (non-hydrogen) atoms. The van der Waals surface area contributed by atoms with Crippen LogP contribution in [0.4, 0.5) is 0 Å². The van der Waals surface area contributed by atoms with E-state index in [0.717, 1.165) is 50.6 Å². The first-order valence-electron chi connectivity index (χ1n) is 11.0. The Morgan fingerprint density at radius 3 is 2.37 bits per heavy atom. The molecule has 5 nitrogen and oxygen atoms in total. The number of hydrogen-bond acceptors (Lipinski definition) is 4. The molecule has 2 fully saturated rings. The van der Waals surface area contributed by atoms with Gasteiger partial charge >= 0.3 is 0 Å². The third-order valence-corrected chi connectivity index (χ3v) is 6.71. The van der Waals surface area contributed by atoms with Crippen molar-refractivity contribution >= 4 is 5.91 Å². The highest BCUT2D eigenvalue weighted by molar-refractivity contribution is 5.84. The van der Waals surface area contributed by atoms with Gasteiger partial charge in [0.05, 0.1) is 13.0 Å². The minimum Gasteiger partial charge on any atom is -0.496 e. The van der Waals surface area contributed by atoms with Gasteiger partial charge in [-0.15, -0.1) is 0 Å². The van der Waals surface area contributed by atoms with Crippen LogP contribution >= 0.6 is 0 Å². The minimum absolute atomic E-state index is 0.0773. The maximum atomic E-state index is 12.8. The van der Waals surface area contributed by atoms with Crippen molar-refractivity contribution in [1.29, 1.82) is 0 Å². The van der Waals surface area contributed by atoms with Gasteiger partial charge in [0.1, 0.15) is 5.75 Å². The van der Waals surface area contributed by atoms with Gasteiger partial charge in [0.2, 0.25) is 5.91 Å². The van der Waals surface area contributed by atoms with Gasteiger partial charge in [0, 0.05) is 50.4 Å².